The van der Waals surface area contributed by atoms with Crippen LogP contribution in [-0.4, -0.2) is 17.6 Å². The van der Waals surface area contributed by atoms with Gasteiger partial charge in [0, 0.05) is 0 Å². The molecule has 1 aromatic rings. The largest absolute Gasteiger partial charge is 0.475 e. The number of nitrogens with one attached hydrogen (secondary N) is 1. The molecule has 0 aromatic heterocycles. The highest BCUT2D eigenvalue weighted by Gasteiger charge is 2.11. The van der Waals surface area contributed by atoms with Crippen LogP contribution in [0.2, 0.25) is 0 Å². The highest BCUT2D eigenvalue weighted by molar-refractivity contribution is 5.85. The zero-order valence-corrected chi connectivity index (χ0v) is 13.1. The van der Waals surface area contributed by atoms with Gasteiger partial charge in [-0.3, -0.25) is 5.32 Å². The van der Waals surface area contributed by atoms with Gasteiger partial charge in [-0.1, -0.05) is 31.5 Å². The first-order valence-electron chi connectivity index (χ1n) is 6.71. The van der Waals surface area contributed by atoms with Crippen molar-refractivity contribution in [1.82, 2.24) is 5.32 Å². The molecule has 1 rings (SSSR count). The van der Waals surface area contributed by atoms with Crippen molar-refractivity contribution in [1.29, 1.82) is 0 Å². The van der Waals surface area contributed by atoms with E-state index in [1.807, 2.05) is 39.0 Å². The molecule has 0 spiro atoms. The number of benzene rings is 1. The molecule has 0 saturated carbocycles. The van der Waals surface area contributed by atoms with Gasteiger partial charge in [0.2, 0.25) is 0 Å². The first kappa shape index (κ1) is 18.2. The lowest BCUT2D eigenvalue weighted by Gasteiger charge is -2.22. The van der Waals surface area contributed by atoms with E-state index in [-0.39, 0.29) is 18.6 Å². The van der Waals surface area contributed by atoms with Crippen LogP contribution in [-0.2, 0) is 0 Å². The molecule has 0 fully saturated rings. The summed E-state index contributed by atoms with van der Waals surface area (Å²) in [6, 6.07) is 6.08. The number of unbranched alkanes of at least 4 members (excludes halogenated alkanes) is 1. The van der Waals surface area contributed by atoms with Gasteiger partial charge in [-0.2, -0.15) is 0 Å². The summed E-state index contributed by atoms with van der Waals surface area (Å²) in [5.41, 5.74) is 2.23. The maximum Gasteiger partial charge on any atom is 0.149 e. The Morgan fingerprint density at radius 2 is 1.84 bits per heavy atom. The number of hydrogen-bond acceptors (Lipinski definition) is 3. The molecule has 4 heteroatoms. The summed E-state index contributed by atoms with van der Waals surface area (Å²) >= 11 is 0. The third-order valence-electron chi connectivity index (χ3n) is 2.96. The Kier molecular flexibility index (Phi) is 8.81. The van der Waals surface area contributed by atoms with E-state index in [1.165, 1.54) is 0 Å². The molecular formula is C15H26ClNO2. The van der Waals surface area contributed by atoms with Gasteiger partial charge in [0.1, 0.15) is 18.2 Å². The third kappa shape index (κ3) is 6.28. The number of aryl methyl sites for hydroxylation is 2. The van der Waals surface area contributed by atoms with Crippen molar-refractivity contribution in [3.63, 3.8) is 0 Å². The van der Waals surface area contributed by atoms with Gasteiger partial charge >= 0.3 is 0 Å². The molecule has 3 nitrogen and oxygen atoms in total. The predicted molar refractivity (Wildman–Crippen MR) is 81.9 cm³/mol. The van der Waals surface area contributed by atoms with E-state index in [9.17, 15) is 5.11 Å². The maximum atomic E-state index is 9.78. The van der Waals surface area contributed by atoms with Crippen LogP contribution in [0, 0.1) is 13.8 Å². The molecule has 0 heterocycles. The molecule has 0 aliphatic rings. The van der Waals surface area contributed by atoms with Crippen LogP contribution in [0.1, 0.15) is 44.2 Å². The second kappa shape index (κ2) is 9.18. The minimum atomic E-state index is -0.496. The van der Waals surface area contributed by atoms with E-state index in [0.717, 1.165) is 36.1 Å². The molecule has 2 N–H and O–H groups in total. The molecule has 2 atom stereocenters. The van der Waals surface area contributed by atoms with Crippen LogP contribution in [0.25, 0.3) is 0 Å². The van der Waals surface area contributed by atoms with Gasteiger partial charge in [0.05, 0.1) is 0 Å². The average Bonchev–Trinajstić information content (AvgIpc) is 2.31. The van der Waals surface area contributed by atoms with Gasteiger partial charge in [-0.15, -0.1) is 12.4 Å². The predicted octanol–water partition coefficient (Wildman–Crippen LogP) is 3.55. The van der Waals surface area contributed by atoms with Gasteiger partial charge in [-0.05, 0) is 44.7 Å². The van der Waals surface area contributed by atoms with Gasteiger partial charge < -0.3 is 9.84 Å². The Morgan fingerprint density at radius 1 is 1.26 bits per heavy atom. The van der Waals surface area contributed by atoms with Crippen LogP contribution in [0.4, 0.5) is 0 Å². The Balaban J connectivity index is 0.00000324. The highest BCUT2D eigenvalue weighted by Crippen LogP contribution is 2.23. The summed E-state index contributed by atoms with van der Waals surface area (Å²) in [5, 5.41) is 12.8. The molecule has 0 radical (unpaired) electrons. The number of ether oxygens (including phenoxy) is 1. The molecule has 0 aliphatic heterocycles. The zero-order valence-electron chi connectivity index (χ0n) is 12.3. The Morgan fingerprint density at radius 3 is 2.37 bits per heavy atom. The summed E-state index contributed by atoms with van der Waals surface area (Å²) in [6.45, 7) is 8.09. The SMILES string of the molecule is CCCCC(O)NC(C)Oc1c(C)cccc1C.Cl. The molecule has 0 amide bonds. The summed E-state index contributed by atoms with van der Waals surface area (Å²) in [5.74, 6) is 0.903. The maximum absolute atomic E-state index is 9.78. The molecule has 19 heavy (non-hydrogen) atoms. The van der Waals surface area contributed by atoms with E-state index < -0.39 is 6.23 Å². The summed E-state index contributed by atoms with van der Waals surface area (Å²) in [4.78, 5) is 0. The number of halogens is 1. The fourth-order valence-corrected chi connectivity index (χ4v) is 1.95. The van der Waals surface area contributed by atoms with Crippen molar-refractivity contribution in [2.45, 2.75) is 59.4 Å². The smallest absolute Gasteiger partial charge is 0.149 e. The number of para-hydroxylation sites is 1. The second-order valence-electron chi connectivity index (χ2n) is 4.81. The van der Waals surface area contributed by atoms with Crippen molar-refractivity contribution in [2.24, 2.45) is 0 Å². The van der Waals surface area contributed by atoms with Gasteiger partial charge in [-0.25, -0.2) is 0 Å². The van der Waals surface area contributed by atoms with Crippen molar-refractivity contribution in [2.75, 3.05) is 0 Å². The zero-order chi connectivity index (χ0) is 13.5. The summed E-state index contributed by atoms with van der Waals surface area (Å²) < 4.78 is 5.86. The van der Waals surface area contributed by atoms with Crippen molar-refractivity contribution >= 4 is 12.4 Å². The number of aliphatic hydroxyl groups is 1. The average molecular weight is 288 g/mol. The monoisotopic (exact) mass is 287 g/mol. The highest BCUT2D eigenvalue weighted by atomic mass is 35.5. The lowest BCUT2D eigenvalue weighted by atomic mass is 10.1. The van der Waals surface area contributed by atoms with E-state index in [1.54, 1.807) is 0 Å². The first-order valence-corrected chi connectivity index (χ1v) is 6.71. The van der Waals surface area contributed by atoms with Crippen molar-refractivity contribution in [3.05, 3.63) is 29.3 Å². The molecule has 0 saturated heterocycles. The minimum absolute atomic E-state index is 0. The Bertz CT molecular complexity index is 351. The van der Waals surface area contributed by atoms with Crippen LogP contribution in [0.5, 0.6) is 5.75 Å². The topological polar surface area (TPSA) is 41.5 Å². The fourth-order valence-electron chi connectivity index (χ4n) is 1.95. The minimum Gasteiger partial charge on any atom is -0.475 e. The molecule has 0 aliphatic carbocycles. The van der Waals surface area contributed by atoms with Crippen LogP contribution < -0.4 is 10.1 Å². The van der Waals surface area contributed by atoms with E-state index in [4.69, 9.17) is 4.74 Å². The fraction of sp³-hybridized carbons (Fsp3) is 0.600. The first-order chi connectivity index (χ1) is 8.54. The standard InChI is InChI=1S/C15H25NO2.ClH/c1-5-6-10-14(17)16-13(4)18-15-11(2)8-7-9-12(15)3;/h7-9,13-14,16-17H,5-6,10H2,1-4H3;1H. The summed E-state index contributed by atoms with van der Waals surface area (Å²) in [6.07, 6.45) is 2.17. The normalized spacial score (nSPS) is 13.5. The van der Waals surface area contributed by atoms with Crippen molar-refractivity contribution in [3.8, 4) is 5.75 Å². The molecule has 110 valence electrons. The van der Waals surface area contributed by atoms with Crippen LogP contribution in [0.3, 0.4) is 0 Å². The number of rotatable bonds is 7. The van der Waals surface area contributed by atoms with E-state index in [2.05, 4.69) is 12.2 Å². The van der Waals surface area contributed by atoms with Crippen molar-refractivity contribution < 1.29 is 9.84 Å². The molecule has 2 unspecified atom stereocenters. The lowest BCUT2D eigenvalue weighted by Crippen LogP contribution is -2.40. The van der Waals surface area contributed by atoms with E-state index in [0.29, 0.717) is 0 Å². The third-order valence-corrected chi connectivity index (χ3v) is 2.96. The number of hydrogen-bond donors (Lipinski definition) is 2. The molecule has 0 bridgehead atoms. The molecular weight excluding hydrogens is 262 g/mol. The van der Waals surface area contributed by atoms with Gasteiger partial charge in [0.15, 0.2) is 0 Å². The lowest BCUT2D eigenvalue weighted by molar-refractivity contribution is 0.0573. The number of aliphatic hydroxyl groups excluding tert-OH is 1. The quantitative estimate of drug-likeness (QED) is 0.754. The second-order valence-corrected chi connectivity index (χ2v) is 4.81. The van der Waals surface area contributed by atoms with Crippen LogP contribution in [0.15, 0.2) is 18.2 Å². The Hall–Kier alpha value is -0.770. The van der Waals surface area contributed by atoms with E-state index >= 15 is 0 Å². The Labute approximate surface area is 122 Å². The van der Waals surface area contributed by atoms with Gasteiger partial charge in [0.25, 0.3) is 0 Å². The molecule has 1 aromatic carbocycles. The van der Waals surface area contributed by atoms with Crippen LogP contribution >= 0.6 is 12.4 Å². The summed E-state index contributed by atoms with van der Waals surface area (Å²) in [7, 11) is 0.